The first-order valence-electron chi connectivity index (χ1n) is 6.90. The Balaban J connectivity index is 1.95. The van der Waals surface area contributed by atoms with Gasteiger partial charge >= 0.3 is 0 Å². The Bertz CT molecular complexity index is 610. The molecule has 0 unspecified atom stereocenters. The fourth-order valence-electron chi connectivity index (χ4n) is 2.08. The number of amides is 1. The topological polar surface area (TPSA) is 41.1 Å². The summed E-state index contributed by atoms with van der Waals surface area (Å²) in [5.41, 5.74) is 2.96. The second-order valence-electron chi connectivity index (χ2n) is 4.93. The van der Waals surface area contributed by atoms with Gasteiger partial charge in [-0.25, -0.2) is 0 Å². The predicted octanol–water partition coefficient (Wildman–Crippen LogP) is 3.55. The molecular formula is C17H19ClN2O. The summed E-state index contributed by atoms with van der Waals surface area (Å²) in [6, 6.07) is 15.6. The van der Waals surface area contributed by atoms with E-state index < -0.39 is 0 Å². The van der Waals surface area contributed by atoms with Crippen molar-refractivity contribution in [2.24, 2.45) is 0 Å². The molecule has 2 aromatic rings. The summed E-state index contributed by atoms with van der Waals surface area (Å²) in [6.45, 7) is 2.84. The van der Waals surface area contributed by atoms with Gasteiger partial charge in [0.25, 0.3) is 5.91 Å². The van der Waals surface area contributed by atoms with Crippen LogP contribution in [0.2, 0.25) is 5.02 Å². The van der Waals surface area contributed by atoms with Gasteiger partial charge in [-0.1, -0.05) is 35.9 Å². The molecule has 21 heavy (non-hydrogen) atoms. The Morgan fingerprint density at radius 2 is 1.90 bits per heavy atom. The number of carbonyl (C=O) groups is 1. The number of carbonyl (C=O) groups excluding carboxylic acids is 1. The molecule has 0 saturated carbocycles. The van der Waals surface area contributed by atoms with E-state index in [1.165, 1.54) is 0 Å². The highest BCUT2D eigenvalue weighted by atomic mass is 35.5. The van der Waals surface area contributed by atoms with Gasteiger partial charge in [-0.3, -0.25) is 4.79 Å². The highest BCUT2D eigenvalue weighted by Crippen LogP contribution is 2.17. The van der Waals surface area contributed by atoms with Crippen LogP contribution in [0.5, 0.6) is 0 Å². The summed E-state index contributed by atoms with van der Waals surface area (Å²) in [5, 5.41) is 6.80. The van der Waals surface area contributed by atoms with Crippen LogP contribution in [-0.4, -0.2) is 13.0 Å². The summed E-state index contributed by atoms with van der Waals surface area (Å²) >= 11 is 6.00. The van der Waals surface area contributed by atoms with Gasteiger partial charge in [-0.2, -0.15) is 0 Å². The van der Waals surface area contributed by atoms with Crippen LogP contribution < -0.4 is 10.6 Å². The van der Waals surface area contributed by atoms with Gasteiger partial charge in [-0.15, -0.1) is 0 Å². The number of nitrogens with one attached hydrogen (secondary N) is 2. The lowest BCUT2D eigenvalue weighted by Gasteiger charge is -2.14. The molecule has 1 amide bonds. The molecule has 0 aromatic heterocycles. The summed E-state index contributed by atoms with van der Waals surface area (Å²) in [4.78, 5) is 11.5. The fourth-order valence-corrected chi connectivity index (χ4v) is 2.28. The highest BCUT2D eigenvalue weighted by molar-refractivity contribution is 6.30. The maximum absolute atomic E-state index is 11.5. The Hall–Kier alpha value is -1.84. The van der Waals surface area contributed by atoms with Crippen LogP contribution in [0.15, 0.2) is 48.5 Å². The largest absolute Gasteiger partial charge is 0.355 e. The number of halogens is 1. The number of benzene rings is 2. The predicted molar refractivity (Wildman–Crippen MR) is 86.5 cm³/mol. The average molecular weight is 303 g/mol. The van der Waals surface area contributed by atoms with Crippen LogP contribution in [0.25, 0.3) is 0 Å². The van der Waals surface area contributed by atoms with Crippen LogP contribution in [0.1, 0.15) is 34.5 Å². The molecule has 2 N–H and O–H groups in total. The maximum Gasteiger partial charge on any atom is 0.251 e. The molecule has 0 spiro atoms. The van der Waals surface area contributed by atoms with Crippen LogP contribution in [-0.2, 0) is 6.54 Å². The second-order valence-corrected chi connectivity index (χ2v) is 5.37. The molecule has 0 aliphatic carbocycles. The van der Waals surface area contributed by atoms with Crippen molar-refractivity contribution in [2.75, 3.05) is 7.05 Å². The van der Waals surface area contributed by atoms with E-state index in [0.29, 0.717) is 5.56 Å². The molecule has 1 atom stereocenters. The van der Waals surface area contributed by atoms with Crippen LogP contribution in [0.4, 0.5) is 0 Å². The van der Waals surface area contributed by atoms with E-state index in [9.17, 15) is 4.79 Å². The van der Waals surface area contributed by atoms with Crippen molar-refractivity contribution in [2.45, 2.75) is 19.5 Å². The number of rotatable bonds is 5. The molecular weight excluding hydrogens is 284 g/mol. The first-order valence-corrected chi connectivity index (χ1v) is 7.28. The van der Waals surface area contributed by atoms with E-state index in [4.69, 9.17) is 11.6 Å². The van der Waals surface area contributed by atoms with E-state index in [1.54, 1.807) is 7.05 Å². The number of hydrogen-bond acceptors (Lipinski definition) is 2. The monoisotopic (exact) mass is 302 g/mol. The fraction of sp³-hybridized carbons (Fsp3) is 0.235. The molecule has 2 aromatic carbocycles. The zero-order valence-corrected chi connectivity index (χ0v) is 12.9. The van der Waals surface area contributed by atoms with Gasteiger partial charge in [0.05, 0.1) is 0 Å². The minimum absolute atomic E-state index is 0.0678. The summed E-state index contributed by atoms with van der Waals surface area (Å²) in [5.74, 6) is -0.0678. The van der Waals surface area contributed by atoms with Gasteiger partial charge in [-0.05, 0) is 42.3 Å². The third-order valence-electron chi connectivity index (χ3n) is 3.40. The molecule has 0 aliphatic rings. The van der Waals surface area contributed by atoms with E-state index >= 15 is 0 Å². The van der Waals surface area contributed by atoms with Crippen molar-refractivity contribution in [1.29, 1.82) is 0 Å². The number of hydrogen-bond donors (Lipinski definition) is 2. The van der Waals surface area contributed by atoms with Gasteiger partial charge in [0.1, 0.15) is 0 Å². The van der Waals surface area contributed by atoms with Crippen LogP contribution in [0, 0.1) is 0 Å². The molecule has 3 nitrogen and oxygen atoms in total. The molecule has 0 aliphatic heterocycles. The lowest BCUT2D eigenvalue weighted by molar-refractivity contribution is 0.0963. The third-order valence-corrected chi connectivity index (χ3v) is 3.64. The first kappa shape index (κ1) is 15.5. The molecule has 2 rings (SSSR count). The Kier molecular flexibility index (Phi) is 5.37. The van der Waals surface area contributed by atoms with E-state index in [0.717, 1.165) is 22.7 Å². The van der Waals surface area contributed by atoms with Gasteiger partial charge < -0.3 is 10.6 Å². The van der Waals surface area contributed by atoms with Gasteiger partial charge in [0.2, 0.25) is 0 Å². The average Bonchev–Trinajstić information content (AvgIpc) is 2.52. The first-order chi connectivity index (χ1) is 10.1. The lowest BCUT2D eigenvalue weighted by Crippen LogP contribution is -2.19. The smallest absolute Gasteiger partial charge is 0.251 e. The second kappa shape index (κ2) is 7.25. The minimum Gasteiger partial charge on any atom is -0.355 e. The molecule has 0 heterocycles. The zero-order chi connectivity index (χ0) is 15.2. The Labute approximate surface area is 130 Å². The standard InChI is InChI=1S/C17H19ClN2O/c1-12(15-4-3-5-16(18)10-15)20-11-13-6-8-14(9-7-13)17(21)19-2/h3-10,12,20H,11H2,1-2H3,(H,19,21)/t12-/m1/s1. The van der Waals surface area contributed by atoms with Crippen LogP contribution in [0.3, 0.4) is 0 Å². The van der Waals surface area contributed by atoms with Crippen molar-refractivity contribution < 1.29 is 4.79 Å². The Morgan fingerprint density at radius 3 is 2.52 bits per heavy atom. The molecule has 110 valence electrons. The van der Waals surface area contributed by atoms with Crippen LogP contribution >= 0.6 is 11.6 Å². The van der Waals surface area contributed by atoms with Crippen molar-refractivity contribution in [3.8, 4) is 0 Å². The summed E-state index contributed by atoms with van der Waals surface area (Å²) < 4.78 is 0. The molecule has 0 bridgehead atoms. The highest BCUT2D eigenvalue weighted by Gasteiger charge is 2.06. The van der Waals surface area contributed by atoms with E-state index in [1.807, 2.05) is 42.5 Å². The van der Waals surface area contributed by atoms with Gasteiger partial charge in [0.15, 0.2) is 0 Å². The molecule has 0 saturated heterocycles. The lowest BCUT2D eigenvalue weighted by atomic mass is 10.1. The SMILES string of the molecule is CNC(=O)c1ccc(CN[C@H](C)c2cccc(Cl)c2)cc1. The van der Waals surface area contributed by atoms with Crippen molar-refractivity contribution in [3.63, 3.8) is 0 Å². The minimum atomic E-state index is -0.0678. The molecule has 0 fully saturated rings. The van der Waals surface area contributed by atoms with E-state index in [2.05, 4.69) is 23.6 Å². The van der Waals surface area contributed by atoms with E-state index in [-0.39, 0.29) is 11.9 Å². The molecule has 0 radical (unpaired) electrons. The normalized spacial score (nSPS) is 12.0. The van der Waals surface area contributed by atoms with Gasteiger partial charge in [0, 0.05) is 30.2 Å². The maximum atomic E-state index is 11.5. The van der Waals surface area contributed by atoms with Crippen molar-refractivity contribution in [3.05, 3.63) is 70.2 Å². The summed E-state index contributed by atoms with van der Waals surface area (Å²) in [7, 11) is 1.63. The Morgan fingerprint density at radius 1 is 1.19 bits per heavy atom. The zero-order valence-electron chi connectivity index (χ0n) is 12.2. The quantitative estimate of drug-likeness (QED) is 0.887. The van der Waals surface area contributed by atoms with Crippen molar-refractivity contribution in [1.82, 2.24) is 10.6 Å². The molecule has 4 heteroatoms. The summed E-state index contributed by atoms with van der Waals surface area (Å²) in [6.07, 6.45) is 0. The third kappa shape index (κ3) is 4.31. The van der Waals surface area contributed by atoms with Crippen molar-refractivity contribution >= 4 is 17.5 Å².